The molecule has 0 saturated carbocycles. The average molecular weight is 439 g/mol. The Morgan fingerprint density at radius 3 is 2.64 bits per heavy atom. The molecule has 0 aromatic heterocycles. The second kappa shape index (κ2) is 7.39. The summed E-state index contributed by atoms with van der Waals surface area (Å²) in [6.45, 7) is 0.703. The Morgan fingerprint density at radius 2 is 1.86 bits per heavy atom. The Hall–Kier alpha value is -2.09. The molecule has 0 spiro atoms. The van der Waals surface area contributed by atoms with Gasteiger partial charge in [0, 0.05) is 19.0 Å². The van der Waals surface area contributed by atoms with Crippen molar-refractivity contribution in [2.24, 2.45) is 4.40 Å². The maximum absolute atomic E-state index is 12.7. The number of nitrogens with zero attached hydrogens (tertiary/aromatic N) is 2. The third-order valence-electron chi connectivity index (χ3n) is 4.69. The highest BCUT2D eigenvalue weighted by molar-refractivity contribution is 7.90. The molecule has 0 radical (unpaired) electrons. The second-order valence-electron chi connectivity index (χ2n) is 6.59. The van der Waals surface area contributed by atoms with E-state index in [-0.39, 0.29) is 21.2 Å². The van der Waals surface area contributed by atoms with Crippen molar-refractivity contribution in [1.29, 1.82) is 0 Å². The zero-order valence-electron chi connectivity index (χ0n) is 14.7. The molecule has 0 N–H and O–H groups in total. The maximum atomic E-state index is 12.7. The van der Waals surface area contributed by atoms with Crippen LogP contribution in [0.4, 0.5) is 5.69 Å². The van der Waals surface area contributed by atoms with Crippen molar-refractivity contribution in [3.8, 4) is 5.75 Å². The molecule has 4 rings (SSSR count). The lowest BCUT2D eigenvalue weighted by atomic mass is 10.2. The molecule has 0 aliphatic carbocycles. The van der Waals surface area contributed by atoms with E-state index in [1.807, 2.05) is 4.90 Å². The van der Waals surface area contributed by atoms with Crippen molar-refractivity contribution in [3.05, 3.63) is 52.0 Å². The fraction of sp³-hybridized carbons (Fsp3) is 0.263. The summed E-state index contributed by atoms with van der Waals surface area (Å²) in [4.78, 5) is 14.4. The molecule has 2 aromatic rings. The number of anilines is 1. The molecule has 28 heavy (non-hydrogen) atoms. The third-order valence-corrected chi connectivity index (χ3v) is 6.76. The Balaban J connectivity index is 1.67. The molecule has 2 aromatic carbocycles. The predicted octanol–water partition coefficient (Wildman–Crippen LogP) is 4.69. The highest BCUT2D eigenvalue weighted by Gasteiger charge is 2.32. The molecule has 0 amide bonds. The number of ether oxygens (including phenoxy) is 1. The molecule has 0 unspecified atom stereocenters. The number of fused-ring (bicyclic) bond motifs is 3. The number of benzene rings is 2. The van der Waals surface area contributed by atoms with Crippen LogP contribution in [0.1, 0.15) is 36.0 Å². The minimum Gasteiger partial charge on any atom is -0.423 e. The Labute approximate surface area is 172 Å². The van der Waals surface area contributed by atoms with Gasteiger partial charge in [-0.3, -0.25) is 0 Å². The predicted molar refractivity (Wildman–Crippen MR) is 108 cm³/mol. The van der Waals surface area contributed by atoms with E-state index in [2.05, 4.69) is 4.40 Å². The smallest absolute Gasteiger partial charge is 0.343 e. The number of halogens is 2. The molecule has 146 valence electrons. The maximum Gasteiger partial charge on any atom is 0.343 e. The third kappa shape index (κ3) is 3.62. The summed E-state index contributed by atoms with van der Waals surface area (Å²) in [7, 11) is -3.87. The van der Waals surface area contributed by atoms with Crippen molar-refractivity contribution in [2.75, 3.05) is 11.4 Å². The van der Waals surface area contributed by atoms with Crippen LogP contribution in [0.25, 0.3) is 0 Å². The standard InChI is InChI=1S/C19H16Cl2N2O4S/c20-14-7-6-13(11-15(14)21)27-19(24)12-5-8-16-17(10-12)28(25,26)22-18-4-2-1-3-9-23(16)18/h5-8,10-11H,1-4,9H2. The molecule has 9 heteroatoms. The second-order valence-corrected chi connectivity index (χ2v) is 8.98. The summed E-state index contributed by atoms with van der Waals surface area (Å²) < 4.78 is 34.6. The van der Waals surface area contributed by atoms with Crippen molar-refractivity contribution in [2.45, 2.75) is 30.6 Å². The number of rotatable bonds is 2. The SMILES string of the molecule is O=C(Oc1ccc(Cl)c(Cl)c1)c1ccc2c(c1)S(=O)(=O)N=C1CCCCCN12. The number of carbonyl (C=O) groups excluding carboxylic acids is 1. The van der Waals surface area contributed by atoms with Gasteiger partial charge in [-0.05, 0) is 43.2 Å². The number of carbonyl (C=O) groups is 1. The zero-order valence-corrected chi connectivity index (χ0v) is 17.0. The van der Waals surface area contributed by atoms with E-state index in [1.54, 1.807) is 12.1 Å². The molecular formula is C19H16Cl2N2O4S. The largest absolute Gasteiger partial charge is 0.423 e. The van der Waals surface area contributed by atoms with E-state index < -0.39 is 16.0 Å². The molecule has 1 fully saturated rings. The zero-order chi connectivity index (χ0) is 19.9. The summed E-state index contributed by atoms with van der Waals surface area (Å²) in [6, 6.07) is 8.95. The van der Waals surface area contributed by atoms with Crippen LogP contribution < -0.4 is 9.64 Å². The Morgan fingerprint density at radius 1 is 1.04 bits per heavy atom. The fourth-order valence-electron chi connectivity index (χ4n) is 3.31. The molecular weight excluding hydrogens is 423 g/mol. The fourth-order valence-corrected chi connectivity index (χ4v) is 4.89. The van der Waals surface area contributed by atoms with Gasteiger partial charge in [0.2, 0.25) is 0 Å². The van der Waals surface area contributed by atoms with Crippen LogP contribution in [0.15, 0.2) is 45.7 Å². The van der Waals surface area contributed by atoms with Crippen molar-refractivity contribution in [3.63, 3.8) is 0 Å². The normalized spacial score (nSPS) is 17.8. The number of sulfonamides is 1. The van der Waals surface area contributed by atoms with Crippen LogP contribution in [0.3, 0.4) is 0 Å². The van der Waals surface area contributed by atoms with E-state index in [4.69, 9.17) is 27.9 Å². The Kier molecular flexibility index (Phi) is 5.07. The first-order valence-corrected chi connectivity index (χ1v) is 11.0. The Bertz CT molecular complexity index is 1100. The van der Waals surface area contributed by atoms with Crippen LogP contribution >= 0.6 is 23.2 Å². The van der Waals surface area contributed by atoms with E-state index in [0.29, 0.717) is 29.5 Å². The molecule has 2 heterocycles. The van der Waals surface area contributed by atoms with E-state index in [9.17, 15) is 13.2 Å². The van der Waals surface area contributed by atoms with Crippen molar-refractivity contribution in [1.82, 2.24) is 0 Å². The molecule has 6 nitrogen and oxygen atoms in total. The highest BCUT2D eigenvalue weighted by atomic mass is 35.5. The first-order valence-electron chi connectivity index (χ1n) is 8.78. The van der Waals surface area contributed by atoms with Gasteiger partial charge in [0.25, 0.3) is 10.0 Å². The van der Waals surface area contributed by atoms with Gasteiger partial charge < -0.3 is 9.64 Å². The molecule has 2 aliphatic heterocycles. The summed E-state index contributed by atoms with van der Waals surface area (Å²) in [5.41, 5.74) is 0.667. The van der Waals surface area contributed by atoms with Crippen LogP contribution in [0, 0.1) is 0 Å². The monoisotopic (exact) mass is 438 g/mol. The molecule has 2 aliphatic rings. The summed E-state index contributed by atoms with van der Waals surface area (Å²) >= 11 is 11.8. The van der Waals surface area contributed by atoms with Crippen molar-refractivity contribution >= 4 is 50.7 Å². The van der Waals surface area contributed by atoms with Gasteiger partial charge in [0.1, 0.15) is 16.5 Å². The molecule has 1 saturated heterocycles. The number of amidine groups is 1. The van der Waals surface area contributed by atoms with Crippen molar-refractivity contribution < 1.29 is 17.9 Å². The van der Waals surface area contributed by atoms with E-state index >= 15 is 0 Å². The summed E-state index contributed by atoms with van der Waals surface area (Å²) in [5, 5.41) is 0.593. The van der Waals surface area contributed by atoms with Crippen LogP contribution in [-0.2, 0) is 10.0 Å². The van der Waals surface area contributed by atoms with Crippen LogP contribution in [-0.4, -0.2) is 26.8 Å². The lowest BCUT2D eigenvalue weighted by Gasteiger charge is -2.29. The van der Waals surface area contributed by atoms with Gasteiger partial charge in [-0.15, -0.1) is 4.40 Å². The van der Waals surface area contributed by atoms with E-state index in [0.717, 1.165) is 19.3 Å². The van der Waals surface area contributed by atoms with Gasteiger partial charge in [0.15, 0.2) is 0 Å². The molecule has 0 bridgehead atoms. The minimum atomic E-state index is -3.87. The number of hydrogen-bond donors (Lipinski definition) is 0. The van der Waals surface area contributed by atoms with Gasteiger partial charge in [-0.2, -0.15) is 8.42 Å². The first kappa shape index (κ1) is 19.2. The summed E-state index contributed by atoms with van der Waals surface area (Å²) in [5.74, 6) is 0.0889. The molecule has 0 atom stereocenters. The average Bonchev–Trinajstić information content (AvgIpc) is 2.89. The van der Waals surface area contributed by atoms with Gasteiger partial charge in [-0.1, -0.05) is 29.6 Å². The van der Waals surface area contributed by atoms with Crippen LogP contribution in [0.2, 0.25) is 10.0 Å². The van der Waals surface area contributed by atoms with Gasteiger partial charge >= 0.3 is 5.97 Å². The number of esters is 1. The number of hydrogen-bond acceptors (Lipinski definition) is 5. The van der Waals surface area contributed by atoms with Gasteiger partial charge in [-0.25, -0.2) is 4.79 Å². The topological polar surface area (TPSA) is 76.0 Å². The lowest BCUT2D eigenvalue weighted by Crippen LogP contribution is -2.35. The highest BCUT2D eigenvalue weighted by Crippen LogP contribution is 2.35. The van der Waals surface area contributed by atoms with E-state index in [1.165, 1.54) is 24.3 Å². The quantitative estimate of drug-likeness (QED) is 0.501. The lowest BCUT2D eigenvalue weighted by molar-refractivity contribution is 0.0734. The minimum absolute atomic E-state index is 0.0155. The van der Waals surface area contributed by atoms with Crippen LogP contribution in [0.5, 0.6) is 5.75 Å². The summed E-state index contributed by atoms with van der Waals surface area (Å²) in [6.07, 6.45) is 3.52. The van der Waals surface area contributed by atoms with Gasteiger partial charge in [0.05, 0.1) is 21.3 Å². The first-order chi connectivity index (χ1) is 13.3.